The molecule has 0 unspecified atom stereocenters. The molecule has 20 heavy (non-hydrogen) atoms. The molecule has 104 valence electrons. The van der Waals surface area contributed by atoms with Gasteiger partial charge >= 0.3 is 5.97 Å². The van der Waals surface area contributed by atoms with E-state index in [1.807, 2.05) is 12.1 Å². The average Bonchev–Trinajstić information content (AvgIpc) is 2.80. The van der Waals surface area contributed by atoms with Crippen LogP contribution in [-0.4, -0.2) is 16.1 Å². The predicted molar refractivity (Wildman–Crippen MR) is 80.2 cm³/mol. The van der Waals surface area contributed by atoms with Gasteiger partial charge in [-0.15, -0.1) is 11.3 Å². The standard InChI is InChI=1S/C14H11Cl2NO2S/c15-8-2-3-9(10(16)6-8)14(4-1-5-14)13-17-11(7-20-13)12(18)19/h2-3,6-7H,1,4-5H2,(H,18,19). The predicted octanol–water partition coefficient (Wildman–Crippen LogP) is 4.62. The van der Waals surface area contributed by atoms with E-state index in [2.05, 4.69) is 4.98 Å². The smallest absolute Gasteiger partial charge is 0.355 e. The summed E-state index contributed by atoms with van der Waals surface area (Å²) in [6.07, 6.45) is 2.95. The molecule has 1 saturated carbocycles. The fourth-order valence-electron chi connectivity index (χ4n) is 2.60. The lowest BCUT2D eigenvalue weighted by Crippen LogP contribution is -2.35. The summed E-state index contributed by atoms with van der Waals surface area (Å²) < 4.78 is 0. The molecule has 1 fully saturated rings. The van der Waals surface area contributed by atoms with Crippen molar-refractivity contribution in [3.05, 3.63) is 49.9 Å². The number of thiazole rings is 1. The molecule has 0 spiro atoms. The number of carbonyl (C=O) groups is 1. The van der Waals surface area contributed by atoms with Crippen LogP contribution in [0.1, 0.15) is 40.3 Å². The second kappa shape index (κ2) is 5.02. The van der Waals surface area contributed by atoms with Crippen LogP contribution in [0.5, 0.6) is 0 Å². The Morgan fingerprint density at radius 3 is 2.60 bits per heavy atom. The van der Waals surface area contributed by atoms with Crippen molar-refractivity contribution in [3.8, 4) is 0 Å². The van der Waals surface area contributed by atoms with Crippen molar-refractivity contribution in [3.63, 3.8) is 0 Å². The highest BCUT2D eigenvalue weighted by Crippen LogP contribution is 2.52. The van der Waals surface area contributed by atoms with E-state index in [9.17, 15) is 4.79 Å². The molecule has 0 saturated heterocycles. The van der Waals surface area contributed by atoms with Gasteiger partial charge < -0.3 is 5.11 Å². The summed E-state index contributed by atoms with van der Waals surface area (Å²) in [6, 6.07) is 5.46. The lowest BCUT2D eigenvalue weighted by Gasteiger charge is -2.41. The molecule has 6 heteroatoms. The minimum absolute atomic E-state index is 0.0985. The van der Waals surface area contributed by atoms with E-state index < -0.39 is 5.97 Å². The highest BCUT2D eigenvalue weighted by atomic mass is 35.5. The number of hydrogen-bond acceptors (Lipinski definition) is 3. The molecular weight excluding hydrogens is 317 g/mol. The summed E-state index contributed by atoms with van der Waals surface area (Å²) in [5, 5.41) is 12.6. The van der Waals surface area contributed by atoms with E-state index in [0.717, 1.165) is 29.8 Å². The number of carboxylic acid groups (broad SMARTS) is 1. The van der Waals surface area contributed by atoms with Crippen molar-refractivity contribution in [2.45, 2.75) is 24.7 Å². The number of carboxylic acids is 1. The molecule has 2 aromatic rings. The number of halogens is 2. The summed E-state index contributed by atoms with van der Waals surface area (Å²) in [4.78, 5) is 15.3. The van der Waals surface area contributed by atoms with Gasteiger partial charge in [0.25, 0.3) is 0 Å². The Morgan fingerprint density at radius 2 is 2.10 bits per heavy atom. The number of nitrogens with zero attached hydrogens (tertiary/aromatic N) is 1. The lowest BCUT2D eigenvalue weighted by atomic mass is 9.65. The molecule has 1 N–H and O–H groups in total. The van der Waals surface area contributed by atoms with Crippen LogP contribution in [0.3, 0.4) is 0 Å². The van der Waals surface area contributed by atoms with Gasteiger partial charge in [-0.3, -0.25) is 0 Å². The molecule has 0 atom stereocenters. The number of aromatic carboxylic acids is 1. The molecule has 1 heterocycles. The highest BCUT2D eigenvalue weighted by Gasteiger charge is 2.44. The van der Waals surface area contributed by atoms with E-state index in [1.165, 1.54) is 11.3 Å². The van der Waals surface area contributed by atoms with Crippen LogP contribution in [0, 0.1) is 0 Å². The SMILES string of the molecule is O=C(O)c1csc(C2(c3ccc(Cl)cc3Cl)CCC2)n1. The molecule has 0 bridgehead atoms. The zero-order valence-corrected chi connectivity index (χ0v) is 12.7. The second-order valence-corrected chi connectivity index (χ2v) is 6.60. The molecule has 1 aliphatic carbocycles. The monoisotopic (exact) mass is 327 g/mol. The van der Waals surface area contributed by atoms with Crippen molar-refractivity contribution in [1.82, 2.24) is 4.98 Å². The Hall–Kier alpha value is -1.10. The summed E-state index contributed by atoms with van der Waals surface area (Å²) >= 11 is 13.7. The van der Waals surface area contributed by atoms with Crippen molar-refractivity contribution < 1.29 is 9.90 Å². The summed E-state index contributed by atoms with van der Waals surface area (Å²) in [6.45, 7) is 0. The Kier molecular flexibility index (Phi) is 3.48. The molecule has 1 aromatic heterocycles. The van der Waals surface area contributed by atoms with Crippen LogP contribution in [0.4, 0.5) is 0 Å². The van der Waals surface area contributed by atoms with Crippen LogP contribution in [0.25, 0.3) is 0 Å². The van der Waals surface area contributed by atoms with Crippen molar-refractivity contribution in [2.75, 3.05) is 0 Å². The normalized spacial score (nSPS) is 16.7. The minimum atomic E-state index is -0.996. The zero-order chi connectivity index (χ0) is 14.3. The van der Waals surface area contributed by atoms with Gasteiger partial charge in [-0.1, -0.05) is 35.7 Å². The molecule has 0 radical (unpaired) electrons. The van der Waals surface area contributed by atoms with Gasteiger partial charge in [0.2, 0.25) is 0 Å². The average molecular weight is 328 g/mol. The molecule has 0 aliphatic heterocycles. The maximum absolute atomic E-state index is 11.0. The van der Waals surface area contributed by atoms with Crippen LogP contribution in [0.2, 0.25) is 10.0 Å². The minimum Gasteiger partial charge on any atom is -0.476 e. The van der Waals surface area contributed by atoms with E-state index in [-0.39, 0.29) is 11.1 Å². The van der Waals surface area contributed by atoms with Gasteiger partial charge in [-0.05, 0) is 30.5 Å². The van der Waals surface area contributed by atoms with Crippen LogP contribution < -0.4 is 0 Å². The second-order valence-electron chi connectivity index (χ2n) is 4.90. The van der Waals surface area contributed by atoms with Gasteiger partial charge in [-0.25, -0.2) is 9.78 Å². The topological polar surface area (TPSA) is 50.2 Å². The first-order valence-electron chi connectivity index (χ1n) is 6.18. The first-order valence-corrected chi connectivity index (χ1v) is 7.81. The van der Waals surface area contributed by atoms with Crippen LogP contribution >= 0.6 is 34.5 Å². The lowest BCUT2D eigenvalue weighted by molar-refractivity contribution is 0.0691. The maximum atomic E-state index is 11.0. The summed E-state index contributed by atoms with van der Waals surface area (Å²) in [5.41, 5.74) is 0.836. The Bertz CT molecular complexity index is 680. The molecular formula is C14H11Cl2NO2S. The van der Waals surface area contributed by atoms with E-state index in [4.69, 9.17) is 28.3 Å². The largest absolute Gasteiger partial charge is 0.476 e. The third-order valence-electron chi connectivity index (χ3n) is 3.79. The van der Waals surface area contributed by atoms with Gasteiger partial charge in [0.1, 0.15) is 5.01 Å². The third-order valence-corrected chi connectivity index (χ3v) is 5.38. The van der Waals surface area contributed by atoms with E-state index in [0.29, 0.717) is 10.0 Å². The van der Waals surface area contributed by atoms with Crippen LogP contribution in [0.15, 0.2) is 23.6 Å². The molecule has 3 nitrogen and oxygen atoms in total. The van der Waals surface area contributed by atoms with Crippen LogP contribution in [-0.2, 0) is 5.41 Å². The molecule has 0 amide bonds. The number of benzene rings is 1. The maximum Gasteiger partial charge on any atom is 0.355 e. The van der Waals surface area contributed by atoms with Gasteiger partial charge in [0.15, 0.2) is 5.69 Å². The quantitative estimate of drug-likeness (QED) is 0.894. The van der Waals surface area contributed by atoms with E-state index in [1.54, 1.807) is 11.4 Å². The third kappa shape index (κ3) is 2.12. The van der Waals surface area contributed by atoms with Gasteiger partial charge in [0.05, 0.1) is 0 Å². The number of aromatic nitrogens is 1. The van der Waals surface area contributed by atoms with Crippen molar-refractivity contribution in [2.24, 2.45) is 0 Å². The first-order chi connectivity index (χ1) is 9.53. The highest BCUT2D eigenvalue weighted by molar-refractivity contribution is 7.10. The van der Waals surface area contributed by atoms with Gasteiger partial charge in [-0.2, -0.15) is 0 Å². The zero-order valence-electron chi connectivity index (χ0n) is 10.4. The Morgan fingerprint density at radius 1 is 1.35 bits per heavy atom. The number of hydrogen-bond donors (Lipinski definition) is 1. The van der Waals surface area contributed by atoms with E-state index >= 15 is 0 Å². The molecule has 3 rings (SSSR count). The fourth-order valence-corrected chi connectivity index (χ4v) is 4.25. The van der Waals surface area contributed by atoms with Gasteiger partial charge in [0, 0.05) is 20.8 Å². The first kappa shape index (κ1) is 13.9. The summed E-state index contributed by atoms with van der Waals surface area (Å²) in [7, 11) is 0. The van der Waals surface area contributed by atoms with Crippen molar-refractivity contribution >= 4 is 40.5 Å². The summed E-state index contributed by atoms with van der Waals surface area (Å²) in [5.74, 6) is -0.996. The Labute approximate surface area is 130 Å². The van der Waals surface area contributed by atoms with Crippen molar-refractivity contribution in [1.29, 1.82) is 0 Å². The molecule has 1 aliphatic rings. The fraction of sp³-hybridized carbons (Fsp3) is 0.286. The Balaban J connectivity index is 2.08. The molecule has 1 aromatic carbocycles. The number of rotatable bonds is 3.